The summed E-state index contributed by atoms with van der Waals surface area (Å²) in [4.78, 5) is 25.0. The van der Waals surface area contributed by atoms with Crippen LogP contribution in [0.4, 0.5) is 0 Å². The average Bonchev–Trinajstić information content (AvgIpc) is 3.03. The number of ether oxygens (including phenoxy) is 1. The predicted octanol–water partition coefficient (Wildman–Crippen LogP) is 4.28. The Bertz CT molecular complexity index is 1090. The standard InChI is InChI=1S/C18H13BrClN3O3S2/c1-26-12-7-6-9(8-11(12)19)16(24)22-23-18(27)21-17(25)15-14(20)10-4-2-3-5-13(10)28-15/h2-8H,1H3,(H,22,24)(H2,21,23,25,27). The van der Waals surface area contributed by atoms with Crippen molar-refractivity contribution < 1.29 is 14.3 Å². The Balaban J connectivity index is 1.60. The maximum absolute atomic E-state index is 12.4. The Labute approximate surface area is 183 Å². The van der Waals surface area contributed by atoms with E-state index in [1.807, 2.05) is 24.3 Å². The van der Waals surface area contributed by atoms with Crippen LogP contribution >= 0.6 is 51.1 Å². The second kappa shape index (κ2) is 8.87. The van der Waals surface area contributed by atoms with Crippen LogP contribution in [0.3, 0.4) is 0 Å². The Morgan fingerprint density at radius 1 is 1.14 bits per heavy atom. The molecule has 1 aromatic heterocycles. The Morgan fingerprint density at radius 2 is 1.89 bits per heavy atom. The second-order valence-electron chi connectivity index (χ2n) is 5.45. The topological polar surface area (TPSA) is 79.5 Å². The van der Waals surface area contributed by atoms with Crippen LogP contribution in [0.1, 0.15) is 20.0 Å². The van der Waals surface area contributed by atoms with Crippen LogP contribution in [-0.2, 0) is 0 Å². The third-order valence-electron chi connectivity index (χ3n) is 3.67. The molecular weight excluding hydrogens is 486 g/mol. The molecule has 10 heteroatoms. The number of benzene rings is 2. The fourth-order valence-corrected chi connectivity index (χ4v) is 4.44. The van der Waals surface area contributed by atoms with E-state index in [9.17, 15) is 9.59 Å². The first-order valence-electron chi connectivity index (χ1n) is 7.83. The molecule has 3 N–H and O–H groups in total. The van der Waals surface area contributed by atoms with Crippen molar-refractivity contribution in [1.82, 2.24) is 16.2 Å². The van der Waals surface area contributed by atoms with E-state index in [0.29, 0.717) is 25.7 Å². The first-order valence-corrected chi connectivity index (χ1v) is 10.2. The predicted molar refractivity (Wildman–Crippen MR) is 118 cm³/mol. The molecule has 2 amide bonds. The van der Waals surface area contributed by atoms with Gasteiger partial charge in [-0.3, -0.25) is 25.8 Å². The molecule has 3 aromatic rings. The van der Waals surface area contributed by atoms with E-state index >= 15 is 0 Å². The minimum Gasteiger partial charge on any atom is -0.496 e. The number of hydrazine groups is 1. The summed E-state index contributed by atoms with van der Waals surface area (Å²) < 4.78 is 6.66. The van der Waals surface area contributed by atoms with Gasteiger partial charge in [-0.15, -0.1) is 11.3 Å². The maximum atomic E-state index is 12.4. The fraction of sp³-hybridized carbons (Fsp3) is 0.0556. The summed E-state index contributed by atoms with van der Waals surface area (Å²) in [5.41, 5.74) is 5.30. The summed E-state index contributed by atoms with van der Waals surface area (Å²) >= 11 is 15.9. The van der Waals surface area contributed by atoms with Gasteiger partial charge < -0.3 is 4.74 Å². The van der Waals surface area contributed by atoms with Crippen molar-refractivity contribution in [3.8, 4) is 5.75 Å². The molecule has 0 unspecified atom stereocenters. The monoisotopic (exact) mass is 497 g/mol. The van der Waals surface area contributed by atoms with E-state index in [-0.39, 0.29) is 5.11 Å². The third-order valence-corrected chi connectivity index (χ3v) is 6.17. The van der Waals surface area contributed by atoms with Crippen LogP contribution in [0, 0.1) is 0 Å². The number of hydrogen-bond acceptors (Lipinski definition) is 5. The van der Waals surface area contributed by atoms with E-state index in [4.69, 9.17) is 28.6 Å². The number of fused-ring (bicyclic) bond motifs is 1. The van der Waals surface area contributed by atoms with Gasteiger partial charge >= 0.3 is 0 Å². The zero-order valence-corrected chi connectivity index (χ0v) is 18.3. The van der Waals surface area contributed by atoms with Crippen LogP contribution < -0.4 is 20.9 Å². The molecule has 0 saturated carbocycles. The highest BCUT2D eigenvalue weighted by Gasteiger charge is 2.18. The van der Waals surface area contributed by atoms with Crippen LogP contribution in [-0.4, -0.2) is 24.0 Å². The number of carbonyl (C=O) groups is 2. The normalized spacial score (nSPS) is 10.4. The lowest BCUT2D eigenvalue weighted by Crippen LogP contribution is -2.48. The lowest BCUT2D eigenvalue weighted by molar-refractivity contribution is 0.0935. The molecule has 0 bridgehead atoms. The van der Waals surface area contributed by atoms with E-state index in [2.05, 4.69) is 32.1 Å². The molecule has 0 saturated heterocycles. The van der Waals surface area contributed by atoms with Crippen molar-refractivity contribution in [2.24, 2.45) is 0 Å². The van der Waals surface area contributed by atoms with Gasteiger partial charge in [0.15, 0.2) is 5.11 Å². The van der Waals surface area contributed by atoms with Crippen LogP contribution in [0.15, 0.2) is 46.9 Å². The number of rotatable bonds is 3. The summed E-state index contributed by atoms with van der Waals surface area (Å²) in [6.07, 6.45) is 0. The molecule has 3 rings (SSSR count). The lowest BCUT2D eigenvalue weighted by atomic mass is 10.2. The number of methoxy groups -OCH3 is 1. The zero-order valence-electron chi connectivity index (χ0n) is 14.3. The molecule has 0 atom stereocenters. The summed E-state index contributed by atoms with van der Waals surface area (Å²) in [5, 5.41) is 3.61. The number of thiocarbonyl (C=S) groups is 1. The number of halogens is 2. The van der Waals surface area contributed by atoms with Crippen LogP contribution in [0.2, 0.25) is 5.02 Å². The average molecular weight is 499 g/mol. The maximum Gasteiger partial charge on any atom is 0.269 e. The Kier molecular flexibility index (Phi) is 6.50. The van der Waals surface area contributed by atoms with Crippen molar-refractivity contribution in [3.63, 3.8) is 0 Å². The van der Waals surface area contributed by atoms with Gasteiger partial charge in [0.1, 0.15) is 10.6 Å². The summed E-state index contributed by atoms with van der Waals surface area (Å²) in [5.74, 6) is -0.280. The molecule has 0 aliphatic rings. The molecule has 0 fully saturated rings. The first kappa shape index (κ1) is 20.5. The van der Waals surface area contributed by atoms with Crippen molar-refractivity contribution in [3.05, 3.63) is 62.4 Å². The number of hydrogen-bond donors (Lipinski definition) is 3. The van der Waals surface area contributed by atoms with Crippen molar-refractivity contribution in [2.45, 2.75) is 0 Å². The van der Waals surface area contributed by atoms with Crippen molar-refractivity contribution in [2.75, 3.05) is 7.11 Å². The fourth-order valence-electron chi connectivity index (χ4n) is 2.34. The number of carbonyl (C=O) groups excluding carboxylic acids is 2. The molecule has 0 aliphatic heterocycles. The van der Waals surface area contributed by atoms with Gasteiger partial charge in [-0.1, -0.05) is 29.8 Å². The van der Waals surface area contributed by atoms with Gasteiger partial charge in [0, 0.05) is 15.6 Å². The summed E-state index contributed by atoms with van der Waals surface area (Å²) in [6, 6.07) is 12.3. The van der Waals surface area contributed by atoms with Gasteiger partial charge in [-0.05, 0) is 52.4 Å². The van der Waals surface area contributed by atoms with Gasteiger partial charge in [-0.25, -0.2) is 0 Å². The zero-order chi connectivity index (χ0) is 20.3. The largest absolute Gasteiger partial charge is 0.496 e. The van der Waals surface area contributed by atoms with Crippen LogP contribution in [0.5, 0.6) is 5.75 Å². The smallest absolute Gasteiger partial charge is 0.269 e. The molecule has 0 spiro atoms. The Morgan fingerprint density at radius 3 is 2.57 bits per heavy atom. The van der Waals surface area contributed by atoms with E-state index in [0.717, 1.165) is 10.1 Å². The van der Waals surface area contributed by atoms with Gasteiger partial charge in [-0.2, -0.15) is 0 Å². The highest BCUT2D eigenvalue weighted by atomic mass is 79.9. The highest BCUT2D eigenvalue weighted by molar-refractivity contribution is 9.10. The lowest BCUT2D eigenvalue weighted by Gasteiger charge is -2.11. The van der Waals surface area contributed by atoms with E-state index in [1.54, 1.807) is 18.2 Å². The first-order chi connectivity index (χ1) is 13.4. The molecular formula is C18H13BrClN3O3S2. The van der Waals surface area contributed by atoms with Crippen LogP contribution in [0.25, 0.3) is 10.1 Å². The molecule has 1 heterocycles. The second-order valence-corrected chi connectivity index (χ2v) is 8.15. The van der Waals surface area contributed by atoms with E-state index in [1.165, 1.54) is 18.4 Å². The third kappa shape index (κ3) is 4.44. The minimum atomic E-state index is -0.454. The number of amides is 2. The quantitative estimate of drug-likeness (QED) is 0.371. The van der Waals surface area contributed by atoms with E-state index < -0.39 is 11.8 Å². The summed E-state index contributed by atoms with van der Waals surface area (Å²) in [7, 11) is 1.53. The molecule has 0 radical (unpaired) electrons. The molecule has 0 aliphatic carbocycles. The molecule has 2 aromatic carbocycles. The molecule has 144 valence electrons. The minimum absolute atomic E-state index is 0.0561. The van der Waals surface area contributed by atoms with Crippen molar-refractivity contribution in [1.29, 1.82) is 0 Å². The van der Waals surface area contributed by atoms with Gasteiger partial charge in [0.2, 0.25) is 0 Å². The number of nitrogens with one attached hydrogen (secondary N) is 3. The Hall–Kier alpha value is -2.20. The van der Waals surface area contributed by atoms with Crippen molar-refractivity contribution >= 4 is 78.1 Å². The van der Waals surface area contributed by atoms with Gasteiger partial charge in [0.05, 0.1) is 16.6 Å². The van der Waals surface area contributed by atoms with Gasteiger partial charge in [0.25, 0.3) is 11.8 Å². The SMILES string of the molecule is COc1ccc(C(=O)NNC(=S)NC(=O)c2sc3ccccc3c2Cl)cc1Br. The highest BCUT2D eigenvalue weighted by Crippen LogP contribution is 2.34. The number of thiophene rings is 1. The summed E-state index contributed by atoms with van der Waals surface area (Å²) in [6.45, 7) is 0. The molecule has 28 heavy (non-hydrogen) atoms. The molecule has 6 nitrogen and oxygen atoms in total.